The first-order chi connectivity index (χ1) is 14.8. The van der Waals surface area contributed by atoms with Gasteiger partial charge in [0.1, 0.15) is 15.9 Å². The normalized spacial score (nSPS) is 13.2. The zero-order valence-electron chi connectivity index (χ0n) is 15.7. The highest BCUT2D eigenvalue weighted by atomic mass is 32.2. The van der Waals surface area contributed by atoms with Gasteiger partial charge in [0.05, 0.1) is 15.6 Å². The largest absolute Gasteiger partial charge is 0.744 e. The molecule has 8 heteroatoms. The van der Waals surface area contributed by atoms with Crippen molar-refractivity contribution < 1.29 is 18.1 Å². The van der Waals surface area contributed by atoms with E-state index in [4.69, 9.17) is 0 Å². The highest BCUT2D eigenvalue weighted by molar-refractivity contribution is 7.86. The molecule has 1 N–H and O–H groups in total. The summed E-state index contributed by atoms with van der Waals surface area (Å²) in [6, 6.07) is 17.0. The SMILES string of the molecule is O=c1nc2c(S(=O)(=O)[O-])ccc3c2=c(/c1=C(\O)c1ccccc1)c1ccccc1c3=O. The van der Waals surface area contributed by atoms with Gasteiger partial charge < -0.3 is 9.66 Å². The molecule has 1 aliphatic carbocycles. The highest BCUT2D eigenvalue weighted by Crippen LogP contribution is 2.23. The molecule has 152 valence electrons. The molecule has 1 heterocycles. The molecule has 3 aromatic carbocycles. The highest BCUT2D eigenvalue weighted by Gasteiger charge is 2.19. The zero-order chi connectivity index (χ0) is 21.9. The van der Waals surface area contributed by atoms with Crippen LogP contribution in [0.25, 0.3) is 27.4 Å². The van der Waals surface area contributed by atoms with Crippen LogP contribution in [0.5, 0.6) is 0 Å². The number of hydrogen-bond donors (Lipinski definition) is 1. The standard InChI is InChI=1S/C23H13NO6S/c25-21(12-6-2-1-3-7-12)19-17-13-8-4-5-9-14(13)22(26)15-10-11-16(31(28,29)30)20(18(15)17)24-23(19)27/h1-11,25H,(H,28,29,30)/p-1/b21-19+. The van der Waals surface area contributed by atoms with Gasteiger partial charge in [0, 0.05) is 26.8 Å². The Balaban J connectivity index is 2.27. The number of hydrogen-bond acceptors (Lipinski definition) is 7. The zero-order valence-corrected chi connectivity index (χ0v) is 16.5. The van der Waals surface area contributed by atoms with E-state index in [1.165, 1.54) is 6.07 Å². The predicted molar refractivity (Wildman–Crippen MR) is 113 cm³/mol. The van der Waals surface area contributed by atoms with E-state index in [0.29, 0.717) is 16.3 Å². The lowest BCUT2D eigenvalue weighted by molar-refractivity contribution is 0.464. The third-order valence-corrected chi connectivity index (χ3v) is 6.18. The van der Waals surface area contributed by atoms with Crippen LogP contribution in [0.1, 0.15) is 5.56 Å². The Bertz CT molecular complexity index is 1850. The summed E-state index contributed by atoms with van der Waals surface area (Å²) >= 11 is 0. The molecule has 3 aromatic rings. The van der Waals surface area contributed by atoms with Gasteiger partial charge in [-0.15, -0.1) is 0 Å². The summed E-state index contributed by atoms with van der Waals surface area (Å²) in [5.74, 6) is -0.361. The van der Waals surface area contributed by atoms with Crippen LogP contribution in [0.3, 0.4) is 0 Å². The van der Waals surface area contributed by atoms with E-state index in [1.54, 1.807) is 54.6 Å². The minimum Gasteiger partial charge on any atom is -0.744 e. The monoisotopic (exact) mass is 430 g/mol. The molecule has 0 spiro atoms. The maximum absolute atomic E-state index is 13.1. The van der Waals surface area contributed by atoms with Gasteiger partial charge in [0.25, 0.3) is 5.56 Å². The van der Waals surface area contributed by atoms with Crippen molar-refractivity contribution in [2.45, 2.75) is 4.90 Å². The molecule has 0 saturated carbocycles. The molecule has 5 rings (SSSR count). The first-order valence-electron chi connectivity index (χ1n) is 9.18. The smallest absolute Gasteiger partial charge is 0.282 e. The molecule has 0 bridgehead atoms. The van der Waals surface area contributed by atoms with Crippen LogP contribution in [0.15, 0.2) is 81.2 Å². The summed E-state index contributed by atoms with van der Waals surface area (Å²) in [5, 5.41) is 11.8. The van der Waals surface area contributed by atoms with Crippen LogP contribution in [-0.2, 0) is 10.1 Å². The maximum Gasteiger partial charge on any atom is 0.282 e. The van der Waals surface area contributed by atoms with Gasteiger partial charge >= 0.3 is 0 Å². The average Bonchev–Trinajstić information content (AvgIpc) is 2.76. The number of aliphatic hydroxyl groups is 1. The summed E-state index contributed by atoms with van der Waals surface area (Å²) in [7, 11) is -4.98. The van der Waals surface area contributed by atoms with Gasteiger partial charge in [-0.05, 0) is 17.5 Å². The van der Waals surface area contributed by atoms with E-state index in [2.05, 4.69) is 4.98 Å². The molecule has 0 fully saturated rings. The number of aliphatic hydroxyl groups excluding tert-OH is 1. The van der Waals surface area contributed by atoms with Gasteiger partial charge in [0.15, 0.2) is 5.43 Å². The summed E-state index contributed by atoms with van der Waals surface area (Å²) in [4.78, 5) is 29.3. The number of fused-ring (bicyclic) bond motifs is 2. The van der Waals surface area contributed by atoms with Crippen LogP contribution in [0.4, 0.5) is 0 Å². The summed E-state index contributed by atoms with van der Waals surface area (Å²) in [5.41, 5.74) is -1.33. The number of benzene rings is 3. The number of rotatable bonds is 2. The fourth-order valence-corrected chi connectivity index (χ4v) is 4.61. The molecular weight excluding hydrogens is 418 g/mol. The Hall–Kier alpha value is -3.88. The second-order valence-corrected chi connectivity index (χ2v) is 8.39. The van der Waals surface area contributed by atoms with Crippen molar-refractivity contribution in [3.8, 4) is 0 Å². The molecule has 0 aromatic heterocycles. The Morgan fingerprint density at radius 1 is 0.806 bits per heavy atom. The lowest BCUT2D eigenvalue weighted by Crippen LogP contribution is -2.33. The molecular formula is C23H12NO6S-. The first-order valence-corrected chi connectivity index (χ1v) is 10.6. The lowest BCUT2D eigenvalue weighted by Gasteiger charge is -2.12. The third kappa shape index (κ3) is 2.77. The number of nitrogens with zero attached hydrogens (tertiary/aromatic N) is 1. The van der Waals surface area contributed by atoms with Crippen LogP contribution < -0.4 is 16.2 Å². The van der Waals surface area contributed by atoms with Crippen LogP contribution >= 0.6 is 0 Å². The summed E-state index contributed by atoms with van der Waals surface area (Å²) in [6.07, 6.45) is 0. The topological polar surface area (TPSA) is 124 Å². The van der Waals surface area contributed by atoms with Gasteiger partial charge in [-0.1, -0.05) is 54.6 Å². The van der Waals surface area contributed by atoms with Crippen molar-refractivity contribution in [1.29, 1.82) is 0 Å². The fourth-order valence-electron chi connectivity index (χ4n) is 3.99. The Kier molecular flexibility index (Phi) is 4.04. The van der Waals surface area contributed by atoms with E-state index in [-0.39, 0.29) is 32.3 Å². The van der Waals surface area contributed by atoms with E-state index in [1.807, 2.05) is 0 Å². The van der Waals surface area contributed by atoms with Crippen molar-refractivity contribution >= 4 is 37.6 Å². The van der Waals surface area contributed by atoms with Gasteiger partial charge in [-0.2, -0.15) is 0 Å². The predicted octanol–water partition coefficient (Wildman–Crippen LogP) is 1.61. The average molecular weight is 430 g/mol. The molecule has 31 heavy (non-hydrogen) atoms. The third-order valence-electron chi connectivity index (χ3n) is 5.31. The van der Waals surface area contributed by atoms with E-state index >= 15 is 0 Å². The number of aromatic nitrogens is 1. The molecule has 2 aliphatic rings. The maximum atomic E-state index is 13.1. The molecule has 0 saturated heterocycles. The summed E-state index contributed by atoms with van der Waals surface area (Å²) < 4.78 is 35.5. The van der Waals surface area contributed by atoms with Crippen molar-refractivity contribution in [2.75, 3.05) is 0 Å². The molecule has 0 unspecified atom stereocenters. The molecule has 0 atom stereocenters. The van der Waals surface area contributed by atoms with Crippen LogP contribution in [-0.4, -0.2) is 23.1 Å². The van der Waals surface area contributed by atoms with Gasteiger partial charge in [-0.3, -0.25) is 9.59 Å². The fraction of sp³-hybridized carbons (Fsp3) is 0. The minimum atomic E-state index is -4.98. The van der Waals surface area contributed by atoms with E-state index in [9.17, 15) is 27.7 Å². The quantitative estimate of drug-likeness (QED) is 0.422. The molecule has 0 radical (unpaired) electrons. The minimum absolute atomic E-state index is 0.0534. The molecule has 7 nitrogen and oxygen atoms in total. The van der Waals surface area contributed by atoms with Crippen molar-refractivity contribution in [3.63, 3.8) is 0 Å². The van der Waals surface area contributed by atoms with Crippen molar-refractivity contribution in [3.05, 3.63) is 109 Å². The van der Waals surface area contributed by atoms with E-state index < -0.39 is 26.0 Å². The molecule has 0 amide bonds. The second-order valence-electron chi connectivity index (χ2n) is 7.05. The van der Waals surface area contributed by atoms with Gasteiger partial charge in [-0.25, -0.2) is 13.4 Å². The summed E-state index contributed by atoms with van der Waals surface area (Å²) in [6.45, 7) is 0. The first kappa shape index (κ1) is 19.1. The lowest BCUT2D eigenvalue weighted by atomic mass is 9.97. The van der Waals surface area contributed by atoms with Crippen molar-refractivity contribution in [2.24, 2.45) is 0 Å². The van der Waals surface area contributed by atoms with Crippen molar-refractivity contribution in [1.82, 2.24) is 4.98 Å². The van der Waals surface area contributed by atoms with Crippen LogP contribution in [0.2, 0.25) is 0 Å². The Morgan fingerprint density at radius 3 is 2.13 bits per heavy atom. The Labute approximate surface area is 174 Å². The van der Waals surface area contributed by atoms with Crippen LogP contribution in [0, 0.1) is 10.4 Å². The van der Waals surface area contributed by atoms with E-state index in [0.717, 1.165) is 6.07 Å². The Morgan fingerprint density at radius 2 is 1.45 bits per heavy atom. The van der Waals surface area contributed by atoms with Gasteiger partial charge in [0.2, 0.25) is 0 Å². The second kappa shape index (κ2) is 6.56. The molecule has 1 aliphatic heterocycles.